The van der Waals surface area contributed by atoms with E-state index in [9.17, 15) is 23.1 Å². The second kappa shape index (κ2) is 6.19. The van der Waals surface area contributed by atoms with Gasteiger partial charge in [0.2, 0.25) is 0 Å². The predicted octanol–water partition coefficient (Wildman–Crippen LogP) is 3.17. The van der Waals surface area contributed by atoms with Crippen molar-refractivity contribution < 1.29 is 27.8 Å². The van der Waals surface area contributed by atoms with Gasteiger partial charge in [0.1, 0.15) is 5.71 Å². The zero-order valence-electron chi connectivity index (χ0n) is 12.7. The Morgan fingerprint density at radius 3 is 2.43 bits per heavy atom. The lowest BCUT2D eigenvalue weighted by Crippen LogP contribution is -2.44. The molecule has 0 aliphatic carbocycles. The molecule has 0 aromatic heterocycles. The van der Waals surface area contributed by atoms with Crippen molar-refractivity contribution in [2.24, 2.45) is 5.10 Å². The van der Waals surface area contributed by atoms with E-state index in [2.05, 4.69) is 5.10 Å². The molecule has 0 spiro atoms. The normalized spacial score (nSPS) is 21.3. The summed E-state index contributed by atoms with van der Waals surface area (Å²) in [6, 6.07) is 6.34. The summed E-state index contributed by atoms with van der Waals surface area (Å²) in [5, 5.41) is 14.3. The van der Waals surface area contributed by atoms with Crippen molar-refractivity contribution in [2.75, 3.05) is 6.61 Å². The molecule has 1 aliphatic rings. The third kappa shape index (κ3) is 3.31. The highest BCUT2D eigenvalue weighted by atomic mass is 19.4. The molecule has 126 valence electrons. The third-order valence-electron chi connectivity index (χ3n) is 3.58. The van der Waals surface area contributed by atoms with Crippen LogP contribution in [0.3, 0.4) is 0 Å². The van der Waals surface area contributed by atoms with Gasteiger partial charge in [-0.2, -0.15) is 23.3 Å². The smallest absolute Gasteiger partial charge is 0.433 e. The van der Waals surface area contributed by atoms with E-state index in [0.717, 1.165) is 12.0 Å². The number of aryl methyl sites for hydroxylation is 1. The first-order chi connectivity index (χ1) is 10.7. The van der Waals surface area contributed by atoms with E-state index in [-0.39, 0.29) is 12.2 Å². The highest BCUT2D eigenvalue weighted by molar-refractivity contribution is 5.93. The van der Waals surface area contributed by atoms with E-state index >= 15 is 0 Å². The van der Waals surface area contributed by atoms with Gasteiger partial charge in [0.25, 0.3) is 0 Å². The third-order valence-corrected chi connectivity index (χ3v) is 3.58. The maximum Gasteiger partial charge on any atom is 0.433 e. The molecule has 2 rings (SSSR count). The molecule has 5 nitrogen and oxygen atoms in total. The number of benzene rings is 1. The second-order valence-corrected chi connectivity index (χ2v) is 5.10. The molecule has 0 saturated heterocycles. The molecule has 1 aliphatic heterocycles. The van der Waals surface area contributed by atoms with Crippen molar-refractivity contribution in [3.8, 4) is 0 Å². The van der Waals surface area contributed by atoms with Crippen LogP contribution in [0.15, 0.2) is 29.4 Å². The quantitative estimate of drug-likeness (QED) is 0.926. The summed E-state index contributed by atoms with van der Waals surface area (Å²) in [5.41, 5.74) is -2.35. The van der Waals surface area contributed by atoms with Crippen LogP contribution in [0.4, 0.5) is 18.0 Å². The summed E-state index contributed by atoms with van der Waals surface area (Å²) in [6.45, 7) is 3.39. The van der Waals surface area contributed by atoms with Gasteiger partial charge in [0.05, 0.1) is 13.0 Å². The molecule has 1 amide bonds. The molecular weight excluding hydrogens is 313 g/mol. The fourth-order valence-corrected chi connectivity index (χ4v) is 2.31. The molecule has 0 fully saturated rings. The molecule has 0 saturated carbocycles. The predicted molar refractivity (Wildman–Crippen MR) is 76.7 cm³/mol. The molecule has 1 unspecified atom stereocenters. The number of ether oxygens (including phenoxy) is 1. The Kier molecular flexibility index (Phi) is 4.65. The van der Waals surface area contributed by atoms with E-state index in [1.807, 2.05) is 6.92 Å². The average Bonchev–Trinajstić information content (AvgIpc) is 2.87. The highest BCUT2D eigenvalue weighted by Gasteiger charge is 2.53. The Balaban J connectivity index is 2.42. The van der Waals surface area contributed by atoms with Gasteiger partial charge in [-0.15, -0.1) is 0 Å². The summed E-state index contributed by atoms with van der Waals surface area (Å²) < 4.78 is 43.5. The number of carbonyl (C=O) groups is 1. The first-order valence-electron chi connectivity index (χ1n) is 7.15. The van der Waals surface area contributed by atoms with Gasteiger partial charge in [0.15, 0.2) is 5.72 Å². The van der Waals surface area contributed by atoms with Gasteiger partial charge in [-0.25, -0.2) is 4.79 Å². The van der Waals surface area contributed by atoms with Crippen molar-refractivity contribution in [3.63, 3.8) is 0 Å². The molecule has 1 atom stereocenters. The van der Waals surface area contributed by atoms with Crippen molar-refractivity contribution in [3.05, 3.63) is 35.4 Å². The SMILES string of the molecule is CCOC(=O)N1N=C(C(F)(F)F)CC1(O)c1ccc(CC)cc1. The minimum absolute atomic E-state index is 0.0446. The number of carbonyl (C=O) groups excluding carboxylic acids is 1. The Morgan fingerprint density at radius 2 is 1.96 bits per heavy atom. The molecule has 23 heavy (non-hydrogen) atoms. The maximum atomic E-state index is 12.9. The standard InChI is InChI=1S/C15H17F3N2O3/c1-3-10-5-7-11(8-6-10)14(22)9-12(15(16,17)18)19-20(14)13(21)23-4-2/h5-8,22H,3-4,9H2,1-2H3. The number of hydrazone groups is 1. The molecule has 1 N–H and O–H groups in total. The van der Waals surface area contributed by atoms with Gasteiger partial charge < -0.3 is 9.84 Å². The molecule has 0 radical (unpaired) electrons. The lowest BCUT2D eigenvalue weighted by molar-refractivity contribution is -0.0889. The van der Waals surface area contributed by atoms with Crippen LogP contribution in [0, 0.1) is 0 Å². The summed E-state index contributed by atoms with van der Waals surface area (Å²) in [7, 11) is 0. The number of hydrogen-bond acceptors (Lipinski definition) is 4. The summed E-state index contributed by atoms with van der Waals surface area (Å²) in [4.78, 5) is 11.9. The minimum Gasteiger partial charge on any atom is -0.448 e. The number of halogens is 3. The van der Waals surface area contributed by atoms with Gasteiger partial charge in [-0.1, -0.05) is 31.2 Å². The number of aliphatic hydroxyl groups is 1. The number of nitrogens with zero attached hydrogens (tertiary/aromatic N) is 2. The monoisotopic (exact) mass is 330 g/mol. The first-order valence-corrected chi connectivity index (χ1v) is 7.15. The lowest BCUT2D eigenvalue weighted by atomic mass is 9.96. The molecule has 8 heteroatoms. The molecule has 0 bridgehead atoms. The second-order valence-electron chi connectivity index (χ2n) is 5.10. The van der Waals surface area contributed by atoms with Gasteiger partial charge in [-0.3, -0.25) is 0 Å². The molecular formula is C15H17F3N2O3. The Bertz CT molecular complexity index is 613. The fourth-order valence-electron chi connectivity index (χ4n) is 2.31. The molecule has 1 heterocycles. The van der Waals surface area contributed by atoms with Crippen LogP contribution in [-0.4, -0.2) is 34.7 Å². The molecule has 1 aromatic rings. The summed E-state index contributed by atoms with van der Waals surface area (Å²) in [5.74, 6) is 0. The van der Waals surface area contributed by atoms with E-state index < -0.39 is 30.1 Å². The topological polar surface area (TPSA) is 62.1 Å². The largest absolute Gasteiger partial charge is 0.448 e. The van der Waals surface area contributed by atoms with Crippen molar-refractivity contribution in [2.45, 2.75) is 38.6 Å². The fraction of sp³-hybridized carbons (Fsp3) is 0.467. The average molecular weight is 330 g/mol. The van der Waals surface area contributed by atoms with Crippen LogP contribution in [-0.2, 0) is 16.9 Å². The summed E-state index contributed by atoms with van der Waals surface area (Å²) >= 11 is 0. The van der Waals surface area contributed by atoms with E-state index in [1.165, 1.54) is 19.1 Å². The zero-order valence-corrected chi connectivity index (χ0v) is 12.7. The summed E-state index contributed by atoms with van der Waals surface area (Å²) in [6.07, 6.45) is -5.97. The van der Waals surface area contributed by atoms with Crippen LogP contribution in [0.25, 0.3) is 0 Å². The van der Waals surface area contributed by atoms with Crippen LogP contribution >= 0.6 is 0 Å². The maximum absolute atomic E-state index is 12.9. The number of amides is 1. The van der Waals surface area contributed by atoms with Gasteiger partial charge >= 0.3 is 12.3 Å². The van der Waals surface area contributed by atoms with E-state index in [1.54, 1.807) is 12.1 Å². The Morgan fingerprint density at radius 1 is 1.35 bits per heavy atom. The van der Waals surface area contributed by atoms with Crippen molar-refractivity contribution in [1.82, 2.24) is 5.01 Å². The minimum atomic E-state index is -4.74. The number of hydrogen-bond donors (Lipinski definition) is 1. The Hall–Kier alpha value is -2.09. The van der Waals surface area contributed by atoms with Crippen LogP contribution in [0.1, 0.15) is 31.4 Å². The van der Waals surface area contributed by atoms with Crippen LogP contribution < -0.4 is 0 Å². The van der Waals surface area contributed by atoms with Gasteiger partial charge in [0, 0.05) is 5.56 Å². The highest BCUT2D eigenvalue weighted by Crippen LogP contribution is 2.40. The zero-order chi connectivity index (χ0) is 17.3. The number of rotatable bonds is 3. The first kappa shape index (κ1) is 17.3. The van der Waals surface area contributed by atoms with Crippen LogP contribution in [0.5, 0.6) is 0 Å². The van der Waals surface area contributed by atoms with E-state index in [0.29, 0.717) is 5.01 Å². The molecule has 1 aromatic carbocycles. The van der Waals surface area contributed by atoms with Crippen molar-refractivity contribution in [1.29, 1.82) is 0 Å². The van der Waals surface area contributed by atoms with Crippen LogP contribution in [0.2, 0.25) is 0 Å². The van der Waals surface area contributed by atoms with E-state index in [4.69, 9.17) is 4.74 Å². The Labute approximate surface area is 131 Å². The van der Waals surface area contributed by atoms with Gasteiger partial charge in [-0.05, 0) is 18.9 Å². The lowest BCUT2D eigenvalue weighted by Gasteiger charge is -2.30. The number of alkyl halides is 3. The van der Waals surface area contributed by atoms with Crippen molar-refractivity contribution >= 4 is 11.8 Å².